The molecule has 1 heterocycles. The summed E-state index contributed by atoms with van der Waals surface area (Å²) in [6.07, 6.45) is 4.76. The van der Waals surface area contributed by atoms with Crippen LogP contribution in [0.2, 0.25) is 0 Å². The second-order valence-corrected chi connectivity index (χ2v) is 8.61. The standard InChI is InChI=1S/C26H36N2O2/c1-21-13-14-22(2)25(17-21)30-16-7-6-12-26(29)27-18-24-11-8-15-28(20-24)19-23-9-4-3-5-10-23/h3-5,9-10,13-14,17,24H,6-8,11-12,15-16,18-20H2,1-2H3,(H,27,29). The third-order valence-corrected chi connectivity index (χ3v) is 5.84. The van der Waals surface area contributed by atoms with Gasteiger partial charge in [0.25, 0.3) is 0 Å². The Labute approximate surface area is 181 Å². The van der Waals surface area contributed by atoms with Crippen LogP contribution in [0.25, 0.3) is 0 Å². The van der Waals surface area contributed by atoms with Gasteiger partial charge >= 0.3 is 0 Å². The number of amides is 1. The minimum Gasteiger partial charge on any atom is -0.493 e. The van der Waals surface area contributed by atoms with Crippen molar-refractivity contribution in [3.63, 3.8) is 0 Å². The average Bonchev–Trinajstić information content (AvgIpc) is 2.75. The molecule has 1 N–H and O–H groups in total. The van der Waals surface area contributed by atoms with Crippen LogP contribution >= 0.6 is 0 Å². The normalized spacial score (nSPS) is 16.9. The molecule has 1 fully saturated rings. The van der Waals surface area contributed by atoms with Crippen molar-refractivity contribution in [2.75, 3.05) is 26.2 Å². The summed E-state index contributed by atoms with van der Waals surface area (Å²) in [5.41, 5.74) is 3.73. The van der Waals surface area contributed by atoms with Crippen LogP contribution in [0, 0.1) is 19.8 Å². The van der Waals surface area contributed by atoms with Crippen molar-refractivity contribution < 1.29 is 9.53 Å². The Bertz CT molecular complexity index is 791. The molecular weight excluding hydrogens is 372 g/mol. The van der Waals surface area contributed by atoms with Crippen LogP contribution in [-0.2, 0) is 11.3 Å². The molecule has 1 amide bonds. The molecule has 30 heavy (non-hydrogen) atoms. The largest absolute Gasteiger partial charge is 0.493 e. The molecule has 3 rings (SSSR count). The van der Waals surface area contributed by atoms with Crippen molar-refractivity contribution in [1.82, 2.24) is 10.2 Å². The van der Waals surface area contributed by atoms with Crippen LogP contribution in [0.5, 0.6) is 5.75 Å². The molecule has 1 unspecified atom stereocenters. The van der Waals surface area contributed by atoms with Gasteiger partial charge in [-0.05, 0) is 74.8 Å². The van der Waals surface area contributed by atoms with Gasteiger partial charge in [0.05, 0.1) is 6.61 Å². The molecule has 4 nitrogen and oxygen atoms in total. The topological polar surface area (TPSA) is 41.6 Å². The van der Waals surface area contributed by atoms with Crippen LogP contribution in [0.1, 0.15) is 48.8 Å². The molecule has 162 valence electrons. The average molecular weight is 409 g/mol. The quantitative estimate of drug-likeness (QED) is 0.570. The van der Waals surface area contributed by atoms with Gasteiger partial charge < -0.3 is 10.1 Å². The van der Waals surface area contributed by atoms with Crippen LogP contribution in [0.4, 0.5) is 0 Å². The number of unbranched alkanes of at least 4 members (excludes halogenated alkanes) is 1. The van der Waals surface area contributed by atoms with Crippen molar-refractivity contribution >= 4 is 5.91 Å². The second-order valence-electron chi connectivity index (χ2n) is 8.61. The summed E-state index contributed by atoms with van der Waals surface area (Å²) in [6.45, 7) is 8.82. The molecule has 0 spiro atoms. The van der Waals surface area contributed by atoms with E-state index in [2.05, 4.69) is 72.6 Å². The van der Waals surface area contributed by atoms with E-state index in [4.69, 9.17) is 4.74 Å². The maximum atomic E-state index is 12.2. The van der Waals surface area contributed by atoms with E-state index in [0.717, 1.165) is 50.3 Å². The first-order chi connectivity index (χ1) is 14.6. The van der Waals surface area contributed by atoms with Crippen LogP contribution < -0.4 is 10.1 Å². The lowest BCUT2D eigenvalue weighted by Crippen LogP contribution is -2.40. The molecule has 2 aromatic rings. The third-order valence-electron chi connectivity index (χ3n) is 5.84. The number of aryl methyl sites for hydroxylation is 2. The number of ether oxygens (including phenoxy) is 1. The number of benzene rings is 2. The number of carbonyl (C=O) groups excluding carboxylic acids is 1. The molecule has 1 saturated heterocycles. The van der Waals surface area contributed by atoms with Crippen LogP contribution in [-0.4, -0.2) is 37.0 Å². The van der Waals surface area contributed by atoms with Crippen molar-refractivity contribution in [1.29, 1.82) is 0 Å². The fourth-order valence-electron chi connectivity index (χ4n) is 4.08. The lowest BCUT2D eigenvalue weighted by Gasteiger charge is -2.32. The predicted molar refractivity (Wildman–Crippen MR) is 123 cm³/mol. The van der Waals surface area contributed by atoms with E-state index in [1.165, 1.54) is 24.0 Å². The summed E-state index contributed by atoms with van der Waals surface area (Å²) in [4.78, 5) is 14.7. The minimum atomic E-state index is 0.168. The first kappa shape index (κ1) is 22.4. The monoisotopic (exact) mass is 408 g/mol. The van der Waals surface area contributed by atoms with Crippen molar-refractivity contribution in [3.05, 3.63) is 65.2 Å². The van der Waals surface area contributed by atoms with E-state index in [-0.39, 0.29) is 5.91 Å². The van der Waals surface area contributed by atoms with Gasteiger partial charge in [-0.25, -0.2) is 0 Å². The maximum Gasteiger partial charge on any atom is 0.220 e. The summed E-state index contributed by atoms with van der Waals surface area (Å²) in [7, 11) is 0. The second kappa shape index (κ2) is 11.8. The summed E-state index contributed by atoms with van der Waals surface area (Å²) in [6, 6.07) is 16.9. The van der Waals surface area contributed by atoms with Gasteiger partial charge in [-0.3, -0.25) is 9.69 Å². The van der Waals surface area contributed by atoms with E-state index in [1.54, 1.807) is 0 Å². The number of hydrogen-bond donors (Lipinski definition) is 1. The number of rotatable bonds is 10. The highest BCUT2D eigenvalue weighted by Crippen LogP contribution is 2.20. The van der Waals surface area contributed by atoms with Crippen LogP contribution in [0.3, 0.4) is 0 Å². The molecule has 1 aliphatic rings. The summed E-state index contributed by atoms with van der Waals surface area (Å²) < 4.78 is 5.88. The van der Waals surface area contributed by atoms with Crippen molar-refractivity contribution in [2.24, 2.45) is 5.92 Å². The lowest BCUT2D eigenvalue weighted by atomic mass is 9.97. The Morgan fingerprint density at radius 2 is 1.97 bits per heavy atom. The Morgan fingerprint density at radius 1 is 1.13 bits per heavy atom. The van der Waals surface area contributed by atoms with Gasteiger partial charge in [0.15, 0.2) is 0 Å². The van der Waals surface area contributed by atoms with E-state index in [1.807, 2.05) is 0 Å². The van der Waals surface area contributed by atoms with Crippen molar-refractivity contribution in [3.8, 4) is 5.75 Å². The number of carbonyl (C=O) groups is 1. The minimum absolute atomic E-state index is 0.168. The maximum absolute atomic E-state index is 12.2. The Hall–Kier alpha value is -2.33. The highest BCUT2D eigenvalue weighted by Gasteiger charge is 2.20. The molecule has 0 saturated carbocycles. The fourth-order valence-corrected chi connectivity index (χ4v) is 4.08. The van der Waals surface area contributed by atoms with E-state index < -0.39 is 0 Å². The van der Waals surface area contributed by atoms with Gasteiger partial charge in [-0.2, -0.15) is 0 Å². The smallest absolute Gasteiger partial charge is 0.220 e. The molecule has 0 radical (unpaired) electrons. The Kier molecular flexibility index (Phi) is 8.76. The van der Waals surface area contributed by atoms with Gasteiger partial charge in [0, 0.05) is 26.1 Å². The SMILES string of the molecule is Cc1ccc(C)c(OCCCCC(=O)NCC2CCCN(Cc3ccccc3)C2)c1. The molecule has 2 aromatic carbocycles. The molecule has 0 aliphatic carbocycles. The Morgan fingerprint density at radius 3 is 2.80 bits per heavy atom. The molecule has 1 aliphatic heterocycles. The molecule has 1 atom stereocenters. The summed E-state index contributed by atoms with van der Waals surface area (Å²) in [5, 5.41) is 3.16. The van der Waals surface area contributed by atoms with Gasteiger partial charge in [-0.1, -0.05) is 42.5 Å². The summed E-state index contributed by atoms with van der Waals surface area (Å²) in [5.74, 6) is 1.68. The van der Waals surface area contributed by atoms with Crippen LogP contribution in [0.15, 0.2) is 48.5 Å². The van der Waals surface area contributed by atoms with E-state index in [0.29, 0.717) is 18.9 Å². The number of likely N-dealkylation sites (tertiary alicyclic amines) is 1. The van der Waals surface area contributed by atoms with Gasteiger partial charge in [-0.15, -0.1) is 0 Å². The summed E-state index contributed by atoms with van der Waals surface area (Å²) >= 11 is 0. The lowest BCUT2D eigenvalue weighted by molar-refractivity contribution is -0.121. The zero-order valence-corrected chi connectivity index (χ0v) is 18.5. The first-order valence-electron chi connectivity index (χ1n) is 11.3. The van der Waals surface area contributed by atoms with Gasteiger partial charge in [0.2, 0.25) is 5.91 Å². The van der Waals surface area contributed by atoms with E-state index in [9.17, 15) is 4.79 Å². The molecule has 0 aromatic heterocycles. The number of nitrogens with one attached hydrogen (secondary N) is 1. The zero-order chi connectivity index (χ0) is 21.2. The van der Waals surface area contributed by atoms with E-state index >= 15 is 0 Å². The first-order valence-corrected chi connectivity index (χ1v) is 11.3. The number of hydrogen-bond acceptors (Lipinski definition) is 3. The third kappa shape index (κ3) is 7.49. The molecule has 0 bridgehead atoms. The van der Waals surface area contributed by atoms with Gasteiger partial charge in [0.1, 0.15) is 5.75 Å². The highest BCUT2D eigenvalue weighted by atomic mass is 16.5. The highest BCUT2D eigenvalue weighted by molar-refractivity contribution is 5.75. The molecule has 4 heteroatoms. The zero-order valence-electron chi connectivity index (χ0n) is 18.5. The van der Waals surface area contributed by atoms with Crippen molar-refractivity contribution in [2.45, 2.75) is 52.5 Å². The Balaban J connectivity index is 1.28. The molecular formula is C26H36N2O2. The number of piperidine rings is 1. The number of nitrogens with zero attached hydrogens (tertiary/aromatic N) is 1. The fraction of sp³-hybridized carbons (Fsp3) is 0.500. The predicted octanol–water partition coefficient (Wildman–Crippen LogP) is 4.88.